The molecule has 0 atom stereocenters. The predicted octanol–water partition coefficient (Wildman–Crippen LogP) is 2.42. The fourth-order valence-corrected chi connectivity index (χ4v) is 1.76. The molecule has 0 fully saturated rings. The average molecular weight is 183 g/mol. The molecule has 0 amide bonds. The number of imidazole rings is 1. The number of nitrogens with one attached hydrogen (secondary N) is 1. The molecule has 1 aromatic carbocycles. The summed E-state index contributed by atoms with van der Waals surface area (Å²) in [5.41, 5.74) is 2.11. The van der Waals surface area contributed by atoms with Gasteiger partial charge in [0.2, 0.25) is 0 Å². The van der Waals surface area contributed by atoms with E-state index in [1.165, 1.54) is 0 Å². The van der Waals surface area contributed by atoms with Crippen molar-refractivity contribution in [1.82, 2.24) is 15.0 Å². The van der Waals surface area contributed by atoms with E-state index in [0.717, 1.165) is 27.6 Å². The highest BCUT2D eigenvalue weighted by Crippen LogP contribution is 2.22. The summed E-state index contributed by atoms with van der Waals surface area (Å²) in [5, 5.41) is 2.29. The molecule has 0 bridgehead atoms. The molecular weight excluding hydrogens is 174 g/mol. The maximum absolute atomic E-state index is 4.46. The lowest BCUT2D eigenvalue weighted by Gasteiger charge is -1.95. The predicted molar refractivity (Wildman–Crippen MR) is 56.1 cm³/mol. The largest absolute Gasteiger partial charge is 0.342 e. The van der Waals surface area contributed by atoms with Crippen molar-refractivity contribution in [3.63, 3.8) is 0 Å². The average Bonchev–Trinajstić information content (AvgIpc) is 2.59. The number of pyridine rings is 1. The Labute approximate surface area is 80.8 Å². The molecule has 0 saturated heterocycles. The molecular formula is C11H9N3. The number of aromatic amines is 1. The highest BCUT2D eigenvalue weighted by Gasteiger charge is 2.03. The first-order chi connectivity index (χ1) is 6.84. The molecule has 1 N–H and O–H groups in total. The van der Waals surface area contributed by atoms with Crippen LogP contribution in [0.3, 0.4) is 0 Å². The second-order valence-corrected chi connectivity index (χ2v) is 3.38. The maximum Gasteiger partial charge on any atom is 0.104 e. The Kier molecular flexibility index (Phi) is 1.36. The molecule has 0 saturated carbocycles. The van der Waals surface area contributed by atoms with Gasteiger partial charge in [0.25, 0.3) is 0 Å². The summed E-state index contributed by atoms with van der Waals surface area (Å²) < 4.78 is 0. The number of aromatic nitrogens is 3. The van der Waals surface area contributed by atoms with Gasteiger partial charge in [0, 0.05) is 23.2 Å². The Morgan fingerprint density at radius 3 is 3.07 bits per heavy atom. The number of aryl methyl sites for hydroxylation is 1. The molecule has 2 heterocycles. The first kappa shape index (κ1) is 7.50. The molecule has 0 aliphatic carbocycles. The molecule has 3 heteroatoms. The molecule has 0 aliphatic rings. The third-order valence-electron chi connectivity index (χ3n) is 2.39. The van der Waals surface area contributed by atoms with Crippen LogP contribution in [0.2, 0.25) is 0 Å². The number of fused-ring (bicyclic) bond motifs is 3. The summed E-state index contributed by atoms with van der Waals surface area (Å²) in [6, 6.07) is 6.10. The van der Waals surface area contributed by atoms with Gasteiger partial charge >= 0.3 is 0 Å². The minimum atomic E-state index is 0.948. The molecule has 3 aromatic rings. The number of rotatable bonds is 0. The Balaban J connectivity index is 2.60. The summed E-state index contributed by atoms with van der Waals surface area (Å²) in [7, 11) is 0. The van der Waals surface area contributed by atoms with Crippen LogP contribution in [0.5, 0.6) is 0 Å². The quantitative estimate of drug-likeness (QED) is 0.581. The van der Waals surface area contributed by atoms with Gasteiger partial charge in [0.15, 0.2) is 0 Å². The van der Waals surface area contributed by atoms with Crippen LogP contribution in [-0.4, -0.2) is 15.0 Å². The molecule has 0 aliphatic heterocycles. The van der Waals surface area contributed by atoms with Gasteiger partial charge in [-0.25, -0.2) is 4.98 Å². The fraction of sp³-hybridized carbons (Fsp3) is 0.0909. The van der Waals surface area contributed by atoms with Crippen LogP contribution in [0.15, 0.2) is 30.6 Å². The molecule has 0 radical (unpaired) electrons. The van der Waals surface area contributed by atoms with Gasteiger partial charge in [-0.15, -0.1) is 0 Å². The first-order valence-electron chi connectivity index (χ1n) is 4.53. The van der Waals surface area contributed by atoms with Crippen LogP contribution in [0.4, 0.5) is 0 Å². The standard InChI is InChI=1S/C11H9N3/c1-7-13-10-3-2-8-6-12-5-4-9(8)11(10)14-7/h2-6H,1H3,(H,13,14). The summed E-state index contributed by atoms with van der Waals surface area (Å²) >= 11 is 0. The van der Waals surface area contributed by atoms with Crippen molar-refractivity contribution in [3.8, 4) is 0 Å². The topological polar surface area (TPSA) is 41.6 Å². The van der Waals surface area contributed by atoms with Crippen molar-refractivity contribution >= 4 is 21.8 Å². The van der Waals surface area contributed by atoms with Crippen molar-refractivity contribution in [2.75, 3.05) is 0 Å². The highest BCUT2D eigenvalue weighted by molar-refractivity contribution is 6.03. The minimum absolute atomic E-state index is 0.948. The highest BCUT2D eigenvalue weighted by atomic mass is 14.9. The fourth-order valence-electron chi connectivity index (χ4n) is 1.76. The van der Waals surface area contributed by atoms with E-state index in [-0.39, 0.29) is 0 Å². The Bertz CT molecular complexity index is 610. The molecule has 0 spiro atoms. The van der Waals surface area contributed by atoms with Crippen LogP contribution in [0.25, 0.3) is 21.8 Å². The van der Waals surface area contributed by atoms with Crippen LogP contribution in [-0.2, 0) is 0 Å². The molecule has 68 valence electrons. The number of hydrogen-bond donors (Lipinski definition) is 1. The maximum atomic E-state index is 4.46. The molecule has 3 rings (SSSR count). The minimum Gasteiger partial charge on any atom is -0.342 e. The smallest absolute Gasteiger partial charge is 0.104 e. The van der Waals surface area contributed by atoms with Gasteiger partial charge < -0.3 is 4.98 Å². The van der Waals surface area contributed by atoms with Gasteiger partial charge in [-0.1, -0.05) is 6.07 Å². The van der Waals surface area contributed by atoms with Crippen molar-refractivity contribution in [3.05, 3.63) is 36.4 Å². The van der Waals surface area contributed by atoms with E-state index in [4.69, 9.17) is 0 Å². The van der Waals surface area contributed by atoms with E-state index in [1.54, 1.807) is 6.20 Å². The van der Waals surface area contributed by atoms with Crippen molar-refractivity contribution in [1.29, 1.82) is 0 Å². The zero-order valence-corrected chi connectivity index (χ0v) is 7.78. The Morgan fingerprint density at radius 1 is 1.21 bits per heavy atom. The van der Waals surface area contributed by atoms with E-state index < -0.39 is 0 Å². The van der Waals surface area contributed by atoms with Gasteiger partial charge in [-0.2, -0.15) is 0 Å². The van der Waals surface area contributed by atoms with E-state index in [9.17, 15) is 0 Å². The zero-order chi connectivity index (χ0) is 9.54. The SMILES string of the molecule is Cc1nc2c(ccc3cnccc32)[nH]1. The summed E-state index contributed by atoms with van der Waals surface area (Å²) in [6.45, 7) is 1.97. The van der Waals surface area contributed by atoms with Crippen molar-refractivity contribution < 1.29 is 0 Å². The summed E-state index contributed by atoms with van der Waals surface area (Å²) in [4.78, 5) is 11.8. The van der Waals surface area contributed by atoms with Crippen LogP contribution >= 0.6 is 0 Å². The second-order valence-electron chi connectivity index (χ2n) is 3.38. The number of benzene rings is 1. The first-order valence-corrected chi connectivity index (χ1v) is 4.53. The van der Waals surface area contributed by atoms with Gasteiger partial charge in [0.05, 0.1) is 11.0 Å². The molecule has 0 unspecified atom stereocenters. The van der Waals surface area contributed by atoms with E-state index in [1.807, 2.05) is 25.3 Å². The second kappa shape index (κ2) is 2.54. The van der Waals surface area contributed by atoms with E-state index in [2.05, 4.69) is 21.0 Å². The van der Waals surface area contributed by atoms with Crippen molar-refractivity contribution in [2.24, 2.45) is 0 Å². The van der Waals surface area contributed by atoms with E-state index in [0.29, 0.717) is 0 Å². The zero-order valence-electron chi connectivity index (χ0n) is 7.78. The number of hydrogen-bond acceptors (Lipinski definition) is 2. The van der Waals surface area contributed by atoms with Crippen LogP contribution in [0, 0.1) is 6.92 Å². The molecule has 2 aromatic heterocycles. The molecule has 14 heavy (non-hydrogen) atoms. The Hall–Kier alpha value is -1.90. The summed E-state index contributed by atoms with van der Waals surface area (Å²) in [5.74, 6) is 0.948. The van der Waals surface area contributed by atoms with Crippen LogP contribution in [0.1, 0.15) is 5.82 Å². The number of nitrogens with zero attached hydrogens (tertiary/aromatic N) is 2. The third kappa shape index (κ3) is 0.923. The van der Waals surface area contributed by atoms with Crippen molar-refractivity contribution in [2.45, 2.75) is 6.92 Å². The van der Waals surface area contributed by atoms with E-state index >= 15 is 0 Å². The van der Waals surface area contributed by atoms with Gasteiger partial charge in [-0.05, 0) is 19.1 Å². The van der Waals surface area contributed by atoms with Crippen LogP contribution < -0.4 is 0 Å². The lowest BCUT2D eigenvalue weighted by molar-refractivity contribution is 1.17. The lowest BCUT2D eigenvalue weighted by Crippen LogP contribution is -1.77. The normalized spacial score (nSPS) is 11.2. The number of H-pyrrole nitrogens is 1. The molecule has 3 nitrogen and oxygen atoms in total. The third-order valence-corrected chi connectivity index (χ3v) is 2.39. The monoisotopic (exact) mass is 183 g/mol. The lowest BCUT2D eigenvalue weighted by atomic mass is 10.1. The summed E-state index contributed by atoms with van der Waals surface area (Å²) in [6.07, 6.45) is 3.66. The Morgan fingerprint density at radius 2 is 2.14 bits per heavy atom. The van der Waals surface area contributed by atoms with Gasteiger partial charge in [0.1, 0.15) is 5.82 Å². The van der Waals surface area contributed by atoms with Gasteiger partial charge in [-0.3, -0.25) is 4.98 Å².